The van der Waals surface area contributed by atoms with Gasteiger partial charge in [0.05, 0.1) is 0 Å². The van der Waals surface area contributed by atoms with Crippen LogP contribution in [0.1, 0.15) is 64.7 Å². The van der Waals surface area contributed by atoms with Crippen molar-refractivity contribution in [2.45, 2.75) is 70.8 Å². The van der Waals surface area contributed by atoms with Gasteiger partial charge in [0.25, 0.3) is 0 Å². The quantitative estimate of drug-likeness (QED) is 0.568. The topological polar surface area (TPSA) is 38.0 Å². The number of hydrogen-bond acceptors (Lipinski definition) is 2. The molecule has 0 spiro atoms. The third-order valence-electron chi connectivity index (χ3n) is 4.82. The number of hydrazine groups is 1. The summed E-state index contributed by atoms with van der Waals surface area (Å²) in [7, 11) is 0. The lowest BCUT2D eigenvalue weighted by Gasteiger charge is -2.34. The van der Waals surface area contributed by atoms with Gasteiger partial charge in [0, 0.05) is 6.04 Å². The van der Waals surface area contributed by atoms with Crippen molar-refractivity contribution in [3.05, 3.63) is 0 Å². The van der Waals surface area contributed by atoms with Gasteiger partial charge in [-0.15, -0.1) is 0 Å². The lowest BCUT2D eigenvalue weighted by molar-refractivity contribution is 0.200. The Balaban J connectivity index is 1.82. The second kappa shape index (κ2) is 6.02. The minimum Gasteiger partial charge on any atom is -0.271 e. The molecule has 16 heavy (non-hydrogen) atoms. The summed E-state index contributed by atoms with van der Waals surface area (Å²) < 4.78 is 0. The summed E-state index contributed by atoms with van der Waals surface area (Å²) in [5, 5.41) is 0. The largest absolute Gasteiger partial charge is 0.271 e. The first-order valence-electron chi connectivity index (χ1n) is 7.25. The molecule has 0 bridgehead atoms. The molecule has 3 atom stereocenters. The highest BCUT2D eigenvalue weighted by atomic mass is 15.2. The second-order valence-electron chi connectivity index (χ2n) is 6.19. The summed E-state index contributed by atoms with van der Waals surface area (Å²) in [6.07, 6.45) is 12.7. The van der Waals surface area contributed by atoms with E-state index in [9.17, 15) is 0 Å². The fourth-order valence-electron chi connectivity index (χ4n) is 3.85. The molecule has 94 valence electrons. The summed E-state index contributed by atoms with van der Waals surface area (Å²) in [5.74, 6) is 8.49. The molecule has 0 heterocycles. The van der Waals surface area contributed by atoms with Gasteiger partial charge in [0.1, 0.15) is 0 Å². The van der Waals surface area contributed by atoms with Crippen molar-refractivity contribution in [3.63, 3.8) is 0 Å². The number of nitrogens with two attached hydrogens (primary N) is 1. The molecule has 2 nitrogen and oxygen atoms in total. The maximum Gasteiger partial charge on any atom is 0.0241 e. The predicted molar refractivity (Wildman–Crippen MR) is 68.8 cm³/mol. The monoisotopic (exact) mass is 224 g/mol. The van der Waals surface area contributed by atoms with E-state index in [2.05, 4.69) is 12.3 Å². The highest BCUT2D eigenvalue weighted by Crippen LogP contribution is 2.35. The molecule has 2 rings (SSSR count). The fourth-order valence-corrected chi connectivity index (χ4v) is 3.85. The summed E-state index contributed by atoms with van der Waals surface area (Å²) in [4.78, 5) is 0. The van der Waals surface area contributed by atoms with E-state index >= 15 is 0 Å². The second-order valence-corrected chi connectivity index (χ2v) is 6.19. The lowest BCUT2D eigenvalue weighted by atomic mass is 9.76. The Kier molecular flexibility index (Phi) is 4.66. The summed E-state index contributed by atoms with van der Waals surface area (Å²) >= 11 is 0. The Hall–Kier alpha value is -0.0800. The molecular weight excluding hydrogens is 196 g/mol. The standard InChI is InChI=1S/C14H28N2/c1-11-5-4-8-13(9-11)14(16-15)10-12-6-2-3-7-12/h11-14,16H,2-10,15H2,1H3. The van der Waals surface area contributed by atoms with Crippen LogP contribution < -0.4 is 11.3 Å². The molecule has 2 saturated carbocycles. The van der Waals surface area contributed by atoms with Crippen molar-refractivity contribution < 1.29 is 0 Å². The minimum atomic E-state index is 0.589. The zero-order chi connectivity index (χ0) is 11.4. The van der Waals surface area contributed by atoms with Gasteiger partial charge in [-0.3, -0.25) is 11.3 Å². The number of rotatable bonds is 4. The predicted octanol–water partition coefficient (Wildman–Crippen LogP) is 3.22. The highest BCUT2D eigenvalue weighted by molar-refractivity contribution is 4.83. The average Bonchev–Trinajstić information content (AvgIpc) is 2.78. The van der Waals surface area contributed by atoms with Crippen LogP contribution in [0.3, 0.4) is 0 Å². The third kappa shape index (κ3) is 3.21. The number of nitrogens with one attached hydrogen (secondary N) is 1. The molecule has 2 heteroatoms. The van der Waals surface area contributed by atoms with Crippen LogP contribution in [-0.2, 0) is 0 Å². The average molecular weight is 224 g/mol. The molecule has 0 aromatic rings. The van der Waals surface area contributed by atoms with E-state index in [4.69, 9.17) is 5.84 Å². The molecule has 2 fully saturated rings. The molecular formula is C14H28N2. The first-order chi connectivity index (χ1) is 7.79. The summed E-state index contributed by atoms with van der Waals surface area (Å²) in [6.45, 7) is 2.40. The molecule has 2 aliphatic carbocycles. The van der Waals surface area contributed by atoms with Gasteiger partial charge in [0.2, 0.25) is 0 Å². The summed E-state index contributed by atoms with van der Waals surface area (Å²) in [6, 6.07) is 0.589. The molecule has 0 amide bonds. The molecule has 0 aliphatic heterocycles. The van der Waals surface area contributed by atoms with E-state index in [1.807, 2.05) is 0 Å². The zero-order valence-electron chi connectivity index (χ0n) is 10.8. The normalized spacial score (nSPS) is 34.1. The Morgan fingerprint density at radius 3 is 2.50 bits per heavy atom. The van der Waals surface area contributed by atoms with Crippen molar-refractivity contribution in [3.8, 4) is 0 Å². The van der Waals surface area contributed by atoms with E-state index in [1.54, 1.807) is 0 Å². The fraction of sp³-hybridized carbons (Fsp3) is 1.00. The van der Waals surface area contributed by atoms with Gasteiger partial charge >= 0.3 is 0 Å². The van der Waals surface area contributed by atoms with Gasteiger partial charge in [-0.25, -0.2) is 0 Å². The van der Waals surface area contributed by atoms with Crippen LogP contribution >= 0.6 is 0 Å². The number of hydrogen-bond donors (Lipinski definition) is 2. The van der Waals surface area contributed by atoms with Gasteiger partial charge in [-0.2, -0.15) is 0 Å². The van der Waals surface area contributed by atoms with Crippen molar-refractivity contribution in [1.82, 2.24) is 5.43 Å². The summed E-state index contributed by atoms with van der Waals surface area (Å²) in [5.41, 5.74) is 3.12. The molecule has 2 aliphatic rings. The van der Waals surface area contributed by atoms with Gasteiger partial charge < -0.3 is 0 Å². The van der Waals surface area contributed by atoms with Crippen molar-refractivity contribution in [2.75, 3.05) is 0 Å². The first-order valence-corrected chi connectivity index (χ1v) is 7.25. The van der Waals surface area contributed by atoms with Crippen molar-refractivity contribution in [1.29, 1.82) is 0 Å². The molecule has 0 aromatic heterocycles. The molecule has 0 saturated heterocycles. The van der Waals surface area contributed by atoms with Crippen LogP contribution in [0.4, 0.5) is 0 Å². The van der Waals surface area contributed by atoms with Crippen LogP contribution in [0, 0.1) is 17.8 Å². The van der Waals surface area contributed by atoms with Gasteiger partial charge in [-0.05, 0) is 37.0 Å². The molecule has 3 N–H and O–H groups in total. The smallest absolute Gasteiger partial charge is 0.0241 e. The van der Waals surface area contributed by atoms with Crippen LogP contribution in [0.15, 0.2) is 0 Å². The van der Waals surface area contributed by atoms with E-state index in [0.717, 1.165) is 17.8 Å². The van der Waals surface area contributed by atoms with E-state index < -0.39 is 0 Å². The van der Waals surface area contributed by atoms with Gasteiger partial charge in [-0.1, -0.05) is 45.4 Å². The van der Waals surface area contributed by atoms with E-state index in [-0.39, 0.29) is 0 Å². The third-order valence-corrected chi connectivity index (χ3v) is 4.82. The van der Waals surface area contributed by atoms with Crippen molar-refractivity contribution in [2.24, 2.45) is 23.6 Å². The maximum atomic E-state index is 5.78. The Morgan fingerprint density at radius 1 is 1.12 bits per heavy atom. The minimum absolute atomic E-state index is 0.589. The highest BCUT2D eigenvalue weighted by Gasteiger charge is 2.28. The molecule has 0 radical (unpaired) electrons. The van der Waals surface area contributed by atoms with E-state index in [0.29, 0.717) is 6.04 Å². The SMILES string of the molecule is CC1CCCC(C(CC2CCCC2)NN)C1. The van der Waals surface area contributed by atoms with E-state index in [1.165, 1.54) is 57.8 Å². The lowest BCUT2D eigenvalue weighted by Crippen LogP contribution is -2.43. The van der Waals surface area contributed by atoms with Crippen LogP contribution in [0.2, 0.25) is 0 Å². The first kappa shape index (κ1) is 12.4. The zero-order valence-corrected chi connectivity index (χ0v) is 10.8. The Morgan fingerprint density at radius 2 is 1.88 bits per heavy atom. The molecule has 0 aromatic carbocycles. The van der Waals surface area contributed by atoms with Crippen LogP contribution in [0.5, 0.6) is 0 Å². The van der Waals surface area contributed by atoms with Crippen molar-refractivity contribution >= 4 is 0 Å². The molecule has 3 unspecified atom stereocenters. The maximum absolute atomic E-state index is 5.78. The Bertz CT molecular complexity index is 199. The van der Waals surface area contributed by atoms with Crippen LogP contribution in [0.25, 0.3) is 0 Å². The van der Waals surface area contributed by atoms with Crippen LogP contribution in [-0.4, -0.2) is 6.04 Å². The Labute approximate surface area is 100 Å². The van der Waals surface area contributed by atoms with Gasteiger partial charge in [0.15, 0.2) is 0 Å².